The zero-order chi connectivity index (χ0) is 16.2. The molecule has 6 heteroatoms. The van der Waals surface area contributed by atoms with Crippen LogP contribution in [-0.2, 0) is 4.74 Å². The van der Waals surface area contributed by atoms with Crippen molar-refractivity contribution in [1.82, 2.24) is 14.6 Å². The van der Waals surface area contributed by atoms with Gasteiger partial charge >= 0.3 is 0 Å². The fourth-order valence-corrected chi connectivity index (χ4v) is 2.47. The summed E-state index contributed by atoms with van der Waals surface area (Å²) in [6, 6.07) is 9.88. The molecule has 0 aliphatic heterocycles. The molecule has 1 aromatic carbocycles. The van der Waals surface area contributed by atoms with Gasteiger partial charge in [-0.1, -0.05) is 12.1 Å². The number of nitrogens with one attached hydrogen (secondary N) is 1. The van der Waals surface area contributed by atoms with Crippen LogP contribution < -0.4 is 10.1 Å². The summed E-state index contributed by atoms with van der Waals surface area (Å²) in [7, 11) is 3.35. The van der Waals surface area contributed by atoms with Crippen LogP contribution in [0, 0.1) is 6.92 Å². The van der Waals surface area contributed by atoms with Gasteiger partial charge in [-0.25, -0.2) is 4.98 Å². The molecule has 0 fully saturated rings. The molecule has 0 aliphatic carbocycles. The lowest BCUT2D eigenvalue weighted by Crippen LogP contribution is -2.11. The molecule has 6 nitrogen and oxygen atoms in total. The number of fused-ring (bicyclic) bond motifs is 1. The maximum atomic E-state index is 5.21. The van der Waals surface area contributed by atoms with E-state index in [1.54, 1.807) is 14.2 Å². The number of hydrogen-bond donors (Lipinski definition) is 1. The molecule has 1 N–H and O–H groups in total. The van der Waals surface area contributed by atoms with Crippen molar-refractivity contribution in [2.45, 2.75) is 6.92 Å². The van der Waals surface area contributed by atoms with Crippen molar-refractivity contribution < 1.29 is 9.47 Å². The monoisotopic (exact) mass is 312 g/mol. The number of nitrogens with zero attached hydrogens (tertiary/aromatic N) is 3. The highest BCUT2D eigenvalue weighted by Crippen LogP contribution is 2.27. The summed E-state index contributed by atoms with van der Waals surface area (Å²) in [5.41, 5.74) is 3.82. The Morgan fingerprint density at radius 2 is 1.96 bits per heavy atom. The van der Waals surface area contributed by atoms with E-state index in [0.717, 1.165) is 34.0 Å². The molecule has 23 heavy (non-hydrogen) atoms. The zero-order valence-corrected chi connectivity index (χ0v) is 13.5. The van der Waals surface area contributed by atoms with Crippen molar-refractivity contribution in [2.24, 2.45) is 0 Å². The van der Waals surface area contributed by atoms with Crippen LogP contribution in [0.25, 0.3) is 16.8 Å². The first-order valence-corrected chi connectivity index (χ1v) is 7.45. The Kier molecular flexibility index (Phi) is 4.43. The van der Waals surface area contributed by atoms with Gasteiger partial charge in [0.25, 0.3) is 0 Å². The van der Waals surface area contributed by atoms with Crippen LogP contribution in [0.5, 0.6) is 5.75 Å². The van der Waals surface area contributed by atoms with Gasteiger partial charge in [0.05, 0.1) is 19.9 Å². The first kappa shape index (κ1) is 15.3. The minimum absolute atomic E-state index is 0.634. The average Bonchev–Trinajstić information content (AvgIpc) is 2.99. The fourth-order valence-electron chi connectivity index (χ4n) is 2.47. The predicted octanol–water partition coefficient (Wildman–Crippen LogP) is 2.77. The van der Waals surface area contributed by atoms with E-state index in [9.17, 15) is 0 Å². The highest BCUT2D eigenvalue weighted by Gasteiger charge is 2.12. The van der Waals surface area contributed by atoms with Crippen LogP contribution >= 0.6 is 0 Å². The Balaban J connectivity index is 2.01. The van der Waals surface area contributed by atoms with E-state index in [0.29, 0.717) is 13.2 Å². The lowest BCUT2D eigenvalue weighted by Gasteiger charge is -2.09. The van der Waals surface area contributed by atoms with Crippen LogP contribution in [0.3, 0.4) is 0 Å². The van der Waals surface area contributed by atoms with Crippen molar-refractivity contribution in [3.8, 4) is 16.9 Å². The van der Waals surface area contributed by atoms with Gasteiger partial charge in [0.1, 0.15) is 11.6 Å². The van der Waals surface area contributed by atoms with E-state index < -0.39 is 0 Å². The molecule has 2 heterocycles. The molecule has 0 amide bonds. The minimum Gasteiger partial charge on any atom is -0.497 e. The third-order valence-corrected chi connectivity index (χ3v) is 3.61. The number of aryl methyl sites for hydroxylation is 1. The molecule has 0 atom stereocenters. The zero-order valence-electron chi connectivity index (χ0n) is 13.5. The highest BCUT2D eigenvalue weighted by molar-refractivity contribution is 5.78. The summed E-state index contributed by atoms with van der Waals surface area (Å²) in [5.74, 6) is 1.74. The van der Waals surface area contributed by atoms with Gasteiger partial charge in [-0.15, -0.1) is 0 Å². The summed E-state index contributed by atoms with van der Waals surface area (Å²) in [6.45, 7) is 3.33. The lowest BCUT2D eigenvalue weighted by molar-refractivity contribution is 0.210. The molecule has 0 unspecified atom stereocenters. The lowest BCUT2D eigenvalue weighted by atomic mass is 10.1. The smallest absolute Gasteiger partial charge is 0.165 e. The number of benzene rings is 1. The molecule has 0 aliphatic rings. The van der Waals surface area contributed by atoms with E-state index >= 15 is 0 Å². The number of anilines is 1. The first-order valence-electron chi connectivity index (χ1n) is 7.45. The molecule has 120 valence electrons. The largest absolute Gasteiger partial charge is 0.497 e. The molecular formula is C17H20N4O2. The van der Waals surface area contributed by atoms with Crippen LogP contribution in [0.4, 0.5) is 5.82 Å². The maximum Gasteiger partial charge on any atom is 0.165 e. The van der Waals surface area contributed by atoms with E-state index in [4.69, 9.17) is 9.47 Å². The number of aromatic nitrogens is 3. The molecule has 3 aromatic rings. The van der Waals surface area contributed by atoms with Gasteiger partial charge in [0.15, 0.2) is 5.65 Å². The summed E-state index contributed by atoms with van der Waals surface area (Å²) in [4.78, 5) is 4.64. The summed E-state index contributed by atoms with van der Waals surface area (Å²) in [5, 5.41) is 7.80. The molecule has 0 saturated heterocycles. The summed E-state index contributed by atoms with van der Waals surface area (Å²) < 4.78 is 12.1. The van der Waals surface area contributed by atoms with Crippen molar-refractivity contribution in [2.75, 3.05) is 32.7 Å². The van der Waals surface area contributed by atoms with E-state index in [2.05, 4.69) is 15.4 Å². The van der Waals surface area contributed by atoms with Crippen LogP contribution in [0.15, 0.2) is 36.5 Å². The SMILES string of the molecule is COCCNc1cc(C)nc2c(-c3ccc(OC)cc3)cnn12. The Labute approximate surface area is 135 Å². The number of hydrogen-bond acceptors (Lipinski definition) is 5. The Morgan fingerprint density at radius 3 is 2.65 bits per heavy atom. The van der Waals surface area contributed by atoms with Crippen LogP contribution in [0.1, 0.15) is 5.69 Å². The third kappa shape index (κ3) is 3.12. The van der Waals surface area contributed by atoms with Crippen molar-refractivity contribution in [3.63, 3.8) is 0 Å². The second-order valence-corrected chi connectivity index (χ2v) is 5.22. The Bertz CT molecular complexity index is 796. The predicted molar refractivity (Wildman–Crippen MR) is 90.1 cm³/mol. The molecule has 0 spiro atoms. The van der Waals surface area contributed by atoms with E-state index in [-0.39, 0.29) is 0 Å². The van der Waals surface area contributed by atoms with Crippen LogP contribution in [0.2, 0.25) is 0 Å². The quantitative estimate of drug-likeness (QED) is 0.709. The molecule has 0 saturated carbocycles. The van der Waals surface area contributed by atoms with E-state index in [1.807, 2.05) is 48.0 Å². The second kappa shape index (κ2) is 6.66. The van der Waals surface area contributed by atoms with Gasteiger partial charge in [-0.3, -0.25) is 0 Å². The maximum absolute atomic E-state index is 5.21. The van der Waals surface area contributed by atoms with Crippen LogP contribution in [-0.4, -0.2) is 42.0 Å². The highest BCUT2D eigenvalue weighted by atomic mass is 16.5. The third-order valence-electron chi connectivity index (χ3n) is 3.61. The van der Waals surface area contributed by atoms with E-state index in [1.165, 1.54) is 0 Å². The van der Waals surface area contributed by atoms with Crippen molar-refractivity contribution in [3.05, 3.63) is 42.2 Å². The molecule has 0 radical (unpaired) electrons. The summed E-state index contributed by atoms with van der Waals surface area (Å²) in [6.07, 6.45) is 1.84. The summed E-state index contributed by atoms with van der Waals surface area (Å²) >= 11 is 0. The van der Waals surface area contributed by atoms with Crippen molar-refractivity contribution >= 4 is 11.5 Å². The second-order valence-electron chi connectivity index (χ2n) is 5.22. The van der Waals surface area contributed by atoms with Gasteiger partial charge < -0.3 is 14.8 Å². The number of rotatable bonds is 6. The van der Waals surface area contributed by atoms with Gasteiger partial charge in [0.2, 0.25) is 0 Å². The molecule has 3 rings (SSSR count). The van der Waals surface area contributed by atoms with Crippen molar-refractivity contribution in [1.29, 1.82) is 0 Å². The fraction of sp³-hybridized carbons (Fsp3) is 0.294. The number of ether oxygens (including phenoxy) is 2. The first-order chi connectivity index (χ1) is 11.2. The van der Waals surface area contributed by atoms with Gasteiger partial charge in [-0.05, 0) is 24.6 Å². The Hall–Kier alpha value is -2.60. The topological polar surface area (TPSA) is 60.7 Å². The van der Waals surface area contributed by atoms with Gasteiger partial charge in [-0.2, -0.15) is 9.61 Å². The average molecular weight is 312 g/mol. The standard InChI is InChI=1S/C17H20N4O2/c1-12-10-16(18-8-9-22-2)21-17(20-12)15(11-19-21)13-4-6-14(23-3)7-5-13/h4-7,10-11,18H,8-9H2,1-3H3. The molecule has 0 bridgehead atoms. The van der Waals surface area contributed by atoms with Gasteiger partial charge in [0, 0.05) is 31.0 Å². The normalized spacial score (nSPS) is 10.9. The minimum atomic E-state index is 0.634. The number of methoxy groups -OCH3 is 2. The Morgan fingerprint density at radius 1 is 1.17 bits per heavy atom. The molecule has 2 aromatic heterocycles. The molecular weight excluding hydrogens is 292 g/mol.